The molecular weight excluding hydrogens is 847 g/mol. The molecule has 6 N–H and O–H groups in total. The molecule has 0 radical (unpaired) electrons. The molecule has 1 aliphatic rings. The molecule has 8 unspecified atom stereocenters. The van der Waals surface area contributed by atoms with E-state index in [0.29, 0.717) is 19.3 Å². The van der Waals surface area contributed by atoms with Crippen molar-refractivity contribution in [2.45, 2.75) is 307 Å². The smallest absolute Gasteiger partial charge is 0.306 e. The number of carbonyl (C=O) groups excluding carboxylic acids is 2. The highest BCUT2D eigenvalue weighted by Crippen LogP contribution is 2.26. The van der Waals surface area contributed by atoms with E-state index < -0.39 is 67.4 Å². The summed E-state index contributed by atoms with van der Waals surface area (Å²) in [5.74, 6) is -1.19. The number of nitrogens with one attached hydrogen (secondary N) is 1. The maximum absolute atomic E-state index is 13.3. The SMILES string of the molecule is CCCCCC/C=C\CCCCCCCCCC(=O)OC1C(OCC(NC(=O)C(O)CCCCCCCCCCCCCC)C(O)/C=C/CCCCCCCCCCC)OC(CO)C(O)C1O. The first kappa shape index (κ1) is 63.2. The third-order valence-corrected chi connectivity index (χ3v) is 13.4. The van der Waals surface area contributed by atoms with Gasteiger partial charge in [-0.15, -0.1) is 0 Å². The van der Waals surface area contributed by atoms with Gasteiger partial charge in [-0.3, -0.25) is 9.59 Å². The Balaban J connectivity index is 2.73. The van der Waals surface area contributed by atoms with Crippen LogP contribution in [0, 0.1) is 0 Å². The van der Waals surface area contributed by atoms with Gasteiger partial charge in [-0.1, -0.05) is 225 Å². The van der Waals surface area contributed by atoms with Crippen molar-refractivity contribution in [3.05, 3.63) is 24.3 Å². The van der Waals surface area contributed by atoms with Crippen molar-refractivity contribution in [3.63, 3.8) is 0 Å². The van der Waals surface area contributed by atoms with Crippen LogP contribution >= 0.6 is 0 Å². The highest BCUT2D eigenvalue weighted by Gasteiger charge is 2.47. The molecule has 1 heterocycles. The zero-order valence-electron chi connectivity index (χ0n) is 43.3. The van der Waals surface area contributed by atoms with Crippen LogP contribution in [0.3, 0.4) is 0 Å². The fourth-order valence-corrected chi connectivity index (χ4v) is 8.82. The zero-order chi connectivity index (χ0) is 49.0. The molecule has 1 rings (SSSR count). The van der Waals surface area contributed by atoms with Gasteiger partial charge in [0.1, 0.15) is 24.4 Å². The van der Waals surface area contributed by atoms with Gasteiger partial charge < -0.3 is 45.1 Å². The highest BCUT2D eigenvalue weighted by atomic mass is 16.7. The van der Waals surface area contributed by atoms with Gasteiger partial charge in [-0.2, -0.15) is 0 Å². The minimum Gasteiger partial charge on any atom is -0.454 e. The van der Waals surface area contributed by atoms with E-state index in [4.69, 9.17) is 14.2 Å². The Morgan fingerprint density at radius 2 is 0.985 bits per heavy atom. The summed E-state index contributed by atoms with van der Waals surface area (Å²) in [6.45, 7) is 5.75. The summed E-state index contributed by atoms with van der Waals surface area (Å²) in [6.07, 6.45) is 39.4. The molecule has 0 aromatic heterocycles. The fourth-order valence-electron chi connectivity index (χ4n) is 8.82. The average Bonchev–Trinajstić information content (AvgIpc) is 3.32. The molecule has 0 saturated carbocycles. The van der Waals surface area contributed by atoms with Crippen molar-refractivity contribution >= 4 is 11.9 Å². The Kier molecular flexibility index (Phi) is 42.7. The van der Waals surface area contributed by atoms with Crippen LogP contribution in [-0.4, -0.2) is 99.6 Å². The summed E-state index contributed by atoms with van der Waals surface area (Å²) in [4.78, 5) is 26.4. The lowest BCUT2D eigenvalue weighted by Gasteiger charge is -2.41. The van der Waals surface area contributed by atoms with Crippen molar-refractivity contribution in [1.29, 1.82) is 0 Å². The third-order valence-electron chi connectivity index (χ3n) is 13.4. The van der Waals surface area contributed by atoms with Crippen LogP contribution in [0.25, 0.3) is 0 Å². The minimum absolute atomic E-state index is 0.122. The summed E-state index contributed by atoms with van der Waals surface area (Å²) in [5.41, 5.74) is 0. The second-order valence-electron chi connectivity index (χ2n) is 19.7. The van der Waals surface area contributed by atoms with Crippen LogP contribution < -0.4 is 5.32 Å². The number of aliphatic hydroxyl groups excluding tert-OH is 5. The van der Waals surface area contributed by atoms with Gasteiger partial charge in [0, 0.05) is 6.42 Å². The summed E-state index contributed by atoms with van der Waals surface area (Å²) in [7, 11) is 0. The monoisotopic (exact) mass is 952 g/mol. The number of hydrogen-bond donors (Lipinski definition) is 6. The second kappa shape index (κ2) is 45.3. The molecule has 0 aromatic rings. The van der Waals surface area contributed by atoms with Crippen LogP contribution in [-0.2, 0) is 23.8 Å². The number of carbonyl (C=O) groups is 2. The number of unbranched alkanes of at least 4 members (excludes halogenated alkanes) is 31. The van der Waals surface area contributed by atoms with E-state index in [2.05, 4.69) is 38.2 Å². The Bertz CT molecular complexity index is 1180. The molecule has 11 heteroatoms. The second-order valence-corrected chi connectivity index (χ2v) is 19.7. The molecule has 1 aliphatic heterocycles. The quantitative estimate of drug-likeness (QED) is 0.0196. The highest BCUT2D eigenvalue weighted by molar-refractivity contribution is 5.80. The molecule has 1 saturated heterocycles. The first-order valence-corrected chi connectivity index (χ1v) is 28.1. The maximum atomic E-state index is 13.3. The van der Waals surface area contributed by atoms with Gasteiger partial charge in [0.15, 0.2) is 12.4 Å². The maximum Gasteiger partial charge on any atom is 0.306 e. The lowest BCUT2D eigenvalue weighted by molar-refractivity contribution is -0.305. The van der Waals surface area contributed by atoms with Gasteiger partial charge in [-0.05, 0) is 51.4 Å². The number of allylic oxidation sites excluding steroid dienone is 3. The molecule has 0 aromatic carbocycles. The normalized spacial score (nSPS) is 20.1. The lowest BCUT2D eigenvalue weighted by Crippen LogP contribution is -2.61. The van der Waals surface area contributed by atoms with E-state index in [1.54, 1.807) is 6.08 Å². The number of ether oxygens (including phenoxy) is 3. The van der Waals surface area contributed by atoms with Crippen LogP contribution in [0.15, 0.2) is 24.3 Å². The van der Waals surface area contributed by atoms with E-state index in [1.165, 1.54) is 141 Å². The first-order chi connectivity index (χ1) is 32.7. The number of aliphatic hydroxyl groups is 5. The summed E-state index contributed by atoms with van der Waals surface area (Å²) in [6, 6.07) is -1.02. The van der Waals surface area contributed by atoms with Gasteiger partial charge in [0.05, 0.1) is 25.4 Å². The first-order valence-electron chi connectivity index (χ1n) is 28.1. The predicted octanol–water partition coefficient (Wildman–Crippen LogP) is 12.2. The fraction of sp³-hybridized carbons (Fsp3) is 0.893. The number of amides is 1. The molecule has 67 heavy (non-hydrogen) atoms. The summed E-state index contributed by atoms with van der Waals surface area (Å²) >= 11 is 0. The number of hydrogen-bond acceptors (Lipinski definition) is 10. The molecule has 0 spiro atoms. The molecule has 394 valence electrons. The molecule has 1 amide bonds. The van der Waals surface area contributed by atoms with Crippen LogP contribution in [0.1, 0.15) is 258 Å². The Morgan fingerprint density at radius 1 is 0.567 bits per heavy atom. The molecule has 11 nitrogen and oxygen atoms in total. The standard InChI is InChI=1S/C56H105NO10/c1-4-7-10-13-16-19-22-24-25-26-29-32-35-38-41-44-51(61)67-54-53(63)52(62)50(45-58)66-56(54)65-46-47(48(59)42-39-36-33-30-27-21-18-15-12-9-6-3)57-55(64)49(60)43-40-37-34-31-28-23-20-17-14-11-8-5-2/h19,22,39,42,47-50,52-54,56,58-60,62-63H,4-18,20-21,23-38,40-41,43-46H2,1-3H3,(H,57,64)/b22-19-,42-39+. The van der Waals surface area contributed by atoms with Crippen molar-refractivity contribution in [1.82, 2.24) is 5.32 Å². The van der Waals surface area contributed by atoms with E-state index in [1.807, 2.05) is 6.08 Å². The molecule has 0 bridgehead atoms. The predicted molar refractivity (Wildman–Crippen MR) is 274 cm³/mol. The van der Waals surface area contributed by atoms with E-state index >= 15 is 0 Å². The van der Waals surface area contributed by atoms with E-state index in [9.17, 15) is 35.1 Å². The Labute approximate surface area is 410 Å². The van der Waals surface area contributed by atoms with Crippen molar-refractivity contribution < 1.29 is 49.3 Å². The zero-order valence-corrected chi connectivity index (χ0v) is 43.3. The summed E-state index contributed by atoms with van der Waals surface area (Å²) in [5, 5.41) is 56.7. The largest absolute Gasteiger partial charge is 0.454 e. The van der Waals surface area contributed by atoms with Gasteiger partial charge in [0.25, 0.3) is 0 Å². The van der Waals surface area contributed by atoms with Crippen molar-refractivity contribution in [2.24, 2.45) is 0 Å². The van der Waals surface area contributed by atoms with E-state index in [-0.39, 0.29) is 13.0 Å². The van der Waals surface area contributed by atoms with E-state index in [0.717, 1.165) is 70.6 Å². The Morgan fingerprint density at radius 3 is 1.46 bits per heavy atom. The molecule has 1 fully saturated rings. The third kappa shape index (κ3) is 34.2. The minimum atomic E-state index is -1.61. The molecule has 0 aliphatic carbocycles. The summed E-state index contributed by atoms with van der Waals surface area (Å²) < 4.78 is 17.5. The van der Waals surface area contributed by atoms with Gasteiger partial charge in [0.2, 0.25) is 5.91 Å². The average molecular weight is 952 g/mol. The van der Waals surface area contributed by atoms with Crippen LogP contribution in [0.4, 0.5) is 0 Å². The number of esters is 1. The Hall–Kier alpha value is -1.86. The van der Waals surface area contributed by atoms with Gasteiger partial charge in [-0.25, -0.2) is 0 Å². The van der Waals surface area contributed by atoms with Gasteiger partial charge >= 0.3 is 5.97 Å². The molecular formula is C56H105NO10. The molecule has 8 atom stereocenters. The number of rotatable bonds is 47. The van der Waals surface area contributed by atoms with Crippen molar-refractivity contribution in [3.8, 4) is 0 Å². The van der Waals surface area contributed by atoms with Crippen LogP contribution in [0.5, 0.6) is 0 Å². The lowest BCUT2D eigenvalue weighted by atomic mass is 9.99. The van der Waals surface area contributed by atoms with Crippen LogP contribution in [0.2, 0.25) is 0 Å². The topological polar surface area (TPSA) is 175 Å². The van der Waals surface area contributed by atoms with Crippen molar-refractivity contribution in [2.75, 3.05) is 13.2 Å².